The van der Waals surface area contributed by atoms with Gasteiger partial charge in [0.25, 0.3) is 5.91 Å². The fourth-order valence-corrected chi connectivity index (χ4v) is 4.35. The summed E-state index contributed by atoms with van der Waals surface area (Å²) in [6.07, 6.45) is 4.67. The molecule has 1 aliphatic rings. The number of anilines is 1. The molecule has 4 heterocycles. The Morgan fingerprint density at radius 1 is 1.09 bits per heavy atom. The van der Waals surface area contributed by atoms with Crippen LogP contribution in [0.2, 0.25) is 0 Å². The third kappa shape index (κ3) is 5.02. The van der Waals surface area contributed by atoms with E-state index in [-0.39, 0.29) is 11.3 Å². The highest BCUT2D eigenvalue weighted by molar-refractivity contribution is 6.00. The normalized spacial score (nSPS) is 15.9. The molecule has 1 saturated heterocycles. The lowest BCUT2D eigenvalue weighted by atomic mass is 9.87. The molecule has 3 aromatic heterocycles. The molecule has 0 aliphatic carbocycles. The number of benzene rings is 1. The van der Waals surface area contributed by atoms with Crippen molar-refractivity contribution >= 4 is 22.8 Å². The van der Waals surface area contributed by atoms with Gasteiger partial charge < -0.3 is 16.0 Å². The van der Waals surface area contributed by atoms with E-state index in [9.17, 15) is 4.79 Å². The van der Waals surface area contributed by atoms with E-state index in [4.69, 9.17) is 0 Å². The molecule has 0 radical (unpaired) electrons. The second-order valence-electron chi connectivity index (χ2n) is 10.0. The number of aromatic nitrogens is 4. The van der Waals surface area contributed by atoms with Gasteiger partial charge in [-0.3, -0.25) is 14.9 Å². The van der Waals surface area contributed by atoms with Crippen molar-refractivity contribution in [2.24, 2.45) is 0 Å². The first kappa shape index (κ1) is 23.0. The quantitative estimate of drug-likeness (QED) is 0.340. The Balaban J connectivity index is 1.28. The number of carbonyl (C=O) groups excluding carboxylic acids is 1. The molecule has 1 aliphatic heterocycles. The first-order valence-corrected chi connectivity index (χ1v) is 12.0. The van der Waals surface area contributed by atoms with Crippen molar-refractivity contribution in [1.29, 1.82) is 0 Å². The molecule has 0 saturated carbocycles. The smallest absolute Gasteiger partial charge is 0.251 e. The minimum Gasteiger partial charge on any atom is -0.364 e. The molecule has 8 nitrogen and oxygen atoms in total. The Labute approximate surface area is 205 Å². The van der Waals surface area contributed by atoms with E-state index >= 15 is 0 Å². The van der Waals surface area contributed by atoms with Crippen LogP contribution in [0, 0.1) is 0 Å². The SMILES string of the molecule is CC(C)(C)c1ccc(C(=O)NCc2ccc(-c3ccnc4[nH]nc(N[C@@H]5CCNC5)c34)cn2)cc1. The van der Waals surface area contributed by atoms with Crippen molar-refractivity contribution in [2.45, 2.75) is 45.2 Å². The van der Waals surface area contributed by atoms with Crippen molar-refractivity contribution in [3.05, 3.63) is 71.7 Å². The van der Waals surface area contributed by atoms with Crippen LogP contribution in [0.15, 0.2) is 54.9 Å². The van der Waals surface area contributed by atoms with Gasteiger partial charge in [0.15, 0.2) is 11.5 Å². The van der Waals surface area contributed by atoms with Crippen molar-refractivity contribution in [3.8, 4) is 11.1 Å². The van der Waals surface area contributed by atoms with Crippen molar-refractivity contribution in [2.75, 3.05) is 18.4 Å². The standard InChI is InChI=1S/C27H31N7O/c1-27(2,3)19-7-4-17(5-8-19)26(35)31-16-20-9-6-18(14-30-20)22-11-13-29-24-23(22)25(34-33-24)32-21-10-12-28-15-21/h4-9,11,13-14,21,28H,10,12,15-16H2,1-3H3,(H,31,35)(H2,29,32,33,34)/t21-/m1/s1. The molecule has 0 bridgehead atoms. The molecule has 4 aromatic rings. The maximum absolute atomic E-state index is 12.6. The molecule has 35 heavy (non-hydrogen) atoms. The predicted molar refractivity (Wildman–Crippen MR) is 138 cm³/mol. The van der Waals surface area contributed by atoms with E-state index in [2.05, 4.69) is 56.9 Å². The first-order valence-electron chi connectivity index (χ1n) is 12.0. The summed E-state index contributed by atoms with van der Waals surface area (Å²) in [5.74, 6) is 0.702. The third-order valence-corrected chi connectivity index (χ3v) is 6.44. The summed E-state index contributed by atoms with van der Waals surface area (Å²) in [5, 5.41) is 18.3. The molecule has 1 aromatic carbocycles. The van der Waals surface area contributed by atoms with E-state index in [1.54, 1.807) is 6.20 Å². The zero-order valence-corrected chi connectivity index (χ0v) is 20.4. The minimum absolute atomic E-state index is 0.0576. The van der Waals surface area contributed by atoms with Crippen LogP contribution in [0.5, 0.6) is 0 Å². The monoisotopic (exact) mass is 469 g/mol. The summed E-state index contributed by atoms with van der Waals surface area (Å²) >= 11 is 0. The average molecular weight is 470 g/mol. The number of aromatic amines is 1. The number of fused-ring (bicyclic) bond motifs is 1. The van der Waals surface area contributed by atoms with Crippen molar-refractivity contribution in [3.63, 3.8) is 0 Å². The van der Waals surface area contributed by atoms with Crippen LogP contribution in [-0.2, 0) is 12.0 Å². The molecule has 0 unspecified atom stereocenters. The second-order valence-corrected chi connectivity index (χ2v) is 10.0. The Hall–Kier alpha value is -3.78. The Bertz CT molecular complexity index is 1310. The lowest BCUT2D eigenvalue weighted by molar-refractivity contribution is 0.0950. The number of pyridine rings is 2. The van der Waals surface area contributed by atoms with Gasteiger partial charge in [-0.1, -0.05) is 39.0 Å². The first-order chi connectivity index (χ1) is 16.9. The van der Waals surface area contributed by atoms with Gasteiger partial charge in [-0.25, -0.2) is 4.98 Å². The summed E-state index contributed by atoms with van der Waals surface area (Å²) < 4.78 is 0. The molecule has 1 atom stereocenters. The molecule has 1 fully saturated rings. The summed E-state index contributed by atoms with van der Waals surface area (Å²) in [5.41, 5.74) is 5.42. The average Bonchev–Trinajstić information content (AvgIpc) is 3.53. The predicted octanol–water partition coefficient (Wildman–Crippen LogP) is 4.02. The number of nitrogens with zero attached hydrogens (tertiary/aromatic N) is 3. The number of nitrogens with one attached hydrogen (secondary N) is 4. The highest BCUT2D eigenvalue weighted by Crippen LogP contribution is 2.31. The van der Waals surface area contributed by atoms with Gasteiger partial charge in [0.2, 0.25) is 0 Å². The van der Waals surface area contributed by atoms with Crippen LogP contribution in [0.4, 0.5) is 5.82 Å². The summed E-state index contributed by atoms with van der Waals surface area (Å²) in [7, 11) is 0. The summed E-state index contributed by atoms with van der Waals surface area (Å²) in [6.45, 7) is 8.77. The van der Waals surface area contributed by atoms with Crippen LogP contribution in [-0.4, -0.2) is 45.2 Å². The van der Waals surface area contributed by atoms with E-state index < -0.39 is 0 Å². The Kier molecular flexibility index (Phi) is 6.21. The molecular weight excluding hydrogens is 438 g/mol. The van der Waals surface area contributed by atoms with Crippen LogP contribution < -0.4 is 16.0 Å². The van der Waals surface area contributed by atoms with Crippen molar-refractivity contribution < 1.29 is 4.79 Å². The Morgan fingerprint density at radius 3 is 2.60 bits per heavy atom. The van der Waals surface area contributed by atoms with Gasteiger partial charge in [0, 0.05) is 36.1 Å². The van der Waals surface area contributed by atoms with Crippen LogP contribution >= 0.6 is 0 Å². The highest BCUT2D eigenvalue weighted by atomic mass is 16.1. The largest absolute Gasteiger partial charge is 0.364 e. The summed E-state index contributed by atoms with van der Waals surface area (Å²) in [6, 6.07) is 14.1. The maximum Gasteiger partial charge on any atom is 0.251 e. The van der Waals surface area contributed by atoms with E-state index in [0.29, 0.717) is 18.2 Å². The maximum atomic E-state index is 12.6. The van der Waals surface area contributed by atoms with Crippen LogP contribution in [0.3, 0.4) is 0 Å². The highest BCUT2D eigenvalue weighted by Gasteiger charge is 2.19. The van der Waals surface area contributed by atoms with Gasteiger partial charge >= 0.3 is 0 Å². The molecule has 5 rings (SSSR count). The lowest BCUT2D eigenvalue weighted by Gasteiger charge is -2.19. The number of amides is 1. The fraction of sp³-hybridized carbons (Fsp3) is 0.333. The van der Waals surface area contributed by atoms with E-state index in [0.717, 1.165) is 53.2 Å². The second kappa shape index (κ2) is 9.46. The molecule has 180 valence electrons. The van der Waals surface area contributed by atoms with Gasteiger partial charge in [-0.05, 0) is 53.8 Å². The van der Waals surface area contributed by atoms with Crippen molar-refractivity contribution in [1.82, 2.24) is 30.8 Å². The molecule has 0 spiro atoms. The van der Waals surface area contributed by atoms with E-state index in [1.165, 1.54) is 5.56 Å². The molecular formula is C27H31N7O. The zero-order chi connectivity index (χ0) is 24.4. The number of rotatable bonds is 6. The van der Waals surface area contributed by atoms with Gasteiger partial charge in [-0.15, -0.1) is 0 Å². The number of hydrogen-bond donors (Lipinski definition) is 4. The third-order valence-electron chi connectivity index (χ3n) is 6.44. The number of carbonyl (C=O) groups is 1. The summed E-state index contributed by atoms with van der Waals surface area (Å²) in [4.78, 5) is 21.6. The zero-order valence-electron chi connectivity index (χ0n) is 20.4. The van der Waals surface area contributed by atoms with Crippen LogP contribution in [0.25, 0.3) is 22.2 Å². The lowest BCUT2D eigenvalue weighted by Crippen LogP contribution is -2.23. The molecule has 8 heteroatoms. The van der Waals surface area contributed by atoms with Gasteiger partial charge in [0.1, 0.15) is 0 Å². The number of H-pyrrole nitrogens is 1. The van der Waals surface area contributed by atoms with Gasteiger partial charge in [0.05, 0.1) is 17.6 Å². The fourth-order valence-electron chi connectivity index (χ4n) is 4.35. The molecule has 4 N–H and O–H groups in total. The minimum atomic E-state index is -0.109. The van der Waals surface area contributed by atoms with Crippen LogP contribution in [0.1, 0.15) is 48.8 Å². The van der Waals surface area contributed by atoms with Gasteiger partial charge in [-0.2, -0.15) is 5.10 Å². The Morgan fingerprint density at radius 2 is 1.91 bits per heavy atom. The molecule has 1 amide bonds. The number of hydrogen-bond acceptors (Lipinski definition) is 6. The van der Waals surface area contributed by atoms with E-state index in [1.807, 2.05) is 48.7 Å². The topological polar surface area (TPSA) is 108 Å².